The van der Waals surface area contributed by atoms with Gasteiger partial charge in [-0.15, -0.1) is 0 Å². The highest BCUT2D eigenvalue weighted by Crippen LogP contribution is 2.25. The van der Waals surface area contributed by atoms with Crippen LogP contribution >= 0.6 is 22.9 Å². The fourth-order valence-corrected chi connectivity index (χ4v) is 1.95. The number of carbonyl (C=O) groups is 1. The Balaban J connectivity index is 2.09. The molecule has 0 atom stereocenters. The van der Waals surface area contributed by atoms with Gasteiger partial charge in [0, 0.05) is 13.1 Å². The van der Waals surface area contributed by atoms with E-state index in [0.29, 0.717) is 15.8 Å². The summed E-state index contributed by atoms with van der Waals surface area (Å²) in [7, 11) is 0. The normalized spacial score (nSPS) is 10.8. The Morgan fingerprint density at radius 1 is 1.56 bits per heavy atom. The highest BCUT2D eigenvalue weighted by molar-refractivity contribution is 7.19. The fourth-order valence-electron chi connectivity index (χ4n) is 1.08. The number of nitrogens with one attached hydrogen (secondary N) is 1. The van der Waals surface area contributed by atoms with Crippen LogP contribution in [0.25, 0.3) is 0 Å². The van der Waals surface area contributed by atoms with Gasteiger partial charge >= 0.3 is 0 Å². The molecular formula is C10H8ClN5OS. The van der Waals surface area contributed by atoms with Crippen LogP contribution < -0.4 is 5.32 Å². The standard InChI is InChI=1S/C10H8ClN5OS/c1-6(17)15-10-14-5-8(18-10)13-4-7-2-3-12-9(11)16-7/h2-5H,1H3,(H,14,15,17)/b13-4+. The van der Waals surface area contributed by atoms with Crippen LogP contribution in [0.5, 0.6) is 0 Å². The number of halogens is 1. The molecule has 0 aliphatic heterocycles. The number of amides is 1. The van der Waals surface area contributed by atoms with Crippen LogP contribution in [0, 0.1) is 0 Å². The van der Waals surface area contributed by atoms with Crippen molar-refractivity contribution in [1.29, 1.82) is 0 Å². The van der Waals surface area contributed by atoms with Crippen molar-refractivity contribution < 1.29 is 4.79 Å². The third kappa shape index (κ3) is 3.57. The number of hydrogen-bond acceptors (Lipinski definition) is 6. The second kappa shape index (κ2) is 5.65. The highest BCUT2D eigenvalue weighted by Gasteiger charge is 2.01. The van der Waals surface area contributed by atoms with Crippen LogP contribution in [0.3, 0.4) is 0 Å². The maximum Gasteiger partial charge on any atom is 0.223 e. The average Bonchev–Trinajstić information content (AvgIpc) is 2.73. The van der Waals surface area contributed by atoms with E-state index in [2.05, 4.69) is 25.3 Å². The predicted octanol–water partition coefficient (Wildman–Crippen LogP) is 2.30. The topological polar surface area (TPSA) is 80.1 Å². The highest BCUT2D eigenvalue weighted by atomic mass is 35.5. The molecule has 0 saturated carbocycles. The van der Waals surface area contributed by atoms with E-state index in [-0.39, 0.29) is 11.2 Å². The third-order valence-electron chi connectivity index (χ3n) is 1.75. The van der Waals surface area contributed by atoms with Crippen molar-refractivity contribution in [2.24, 2.45) is 4.99 Å². The molecule has 92 valence electrons. The first-order valence-corrected chi connectivity index (χ1v) is 6.09. The summed E-state index contributed by atoms with van der Waals surface area (Å²) in [6, 6.07) is 1.69. The van der Waals surface area contributed by atoms with E-state index >= 15 is 0 Å². The minimum atomic E-state index is -0.164. The van der Waals surface area contributed by atoms with Gasteiger partial charge < -0.3 is 5.32 Å². The Labute approximate surface area is 112 Å². The first-order chi connectivity index (χ1) is 8.63. The largest absolute Gasteiger partial charge is 0.302 e. The zero-order chi connectivity index (χ0) is 13.0. The lowest BCUT2D eigenvalue weighted by Crippen LogP contribution is -2.04. The quantitative estimate of drug-likeness (QED) is 0.691. The Kier molecular flexibility index (Phi) is 3.96. The molecule has 0 aliphatic carbocycles. The van der Waals surface area contributed by atoms with E-state index in [9.17, 15) is 4.79 Å². The van der Waals surface area contributed by atoms with Crippen LogP contribution in [0.2, 0.25) is 5.28 Å². The second-order valence-corrected chi connectivity index (χ2v) is 4.54. The number of carbonyl (C=O) groups excluding carboxylic acids is 1. The number of anilines is 1. The summed E-state index contributed by atoms with van der Waals surface area (Å²) in [6.07, 6.45) is 4.67. The van der Waals surface area contributed by atoms with Gasteiger partial charge in [-0.25, -0.2) is 19.9 Å². The molecule has 0 fully saturated rings. The molecule has 1 N–H and O–H groups in total. The molecular weight excluding hydrogens is 274 g/mol. The number of nitrogens with zero attached hydrogens (tertiary/aromatic N) is 4. The minimum absolute atomic E-state index is 0.164. The van der Waals surface area contributed by atoms with E-state index in [1.54, 1.807) is 24.7 Å². The first kappa shape index (κ1) is 12.6. The molecule has 0 bridgehead atoms. The lowest BCUT2D eigenvalue weighted by atomic mass is 10.4. The fraction of sp³-hybridized carbons (Fsp3) is 0.100. The monoisotopic (exact) mass is 281 g/mol. The molecule has 1 amide bonds. The molecule has 2 aromatic heterocycles. The van der Waals surface area contributed by atoms with Crippen molar-refractivity contribution >= 4 is 45.2 Å². The average molecular weight is 282 g/mol. The van der Waals surface area contributed by atoms with Gasteiger partial charge in [0.15, 0.2) is 5.13 Å². The van der Waals surface area contributed by atoms with Gasteiger partial charge in [0.2, 0.25) is 11.2 Å². The summed E-state index contributed by atoms with van der Waals surface area (Å²) in [6.45, 7) is 1.42. The maximum atomic E-state index is 10.8. The van der Waals surface area contributed by atoms with Gasteiger partial charge in [-0.1, -0.05) is 11.3 Å². The molecule has 0 unspecified atom stereocenters. The number of rotatable bonds is 3. The van der Waals surface area contributed by atoms with Crippen molar-refractivity contribution in [3.8, 4) is 0 Å². The van der Waals surface area contributed by atoms with E-state index in [4.69, 9.17) is 11.6 Å². The van der Waals surface area contributed by atoms with Crippen molar-refractivity contribution in [2.75, 3.05) is 5.32 Å². The summed E-state index contributed by atoms with van der Waals surface area (Å²) in [5, 5.41) is 3.92. The van der Waals surface area contributed by atoms with Crippen LogP contribution in [0.15, 0.2) is 23.5 Å². The first-order valence-electron chi connectivity index (χ1n) is 4.89. The van der Waals surface area contributed by atoms with Gasteiger partial charge in [0.25, 0.3) is 0 Å². The molecule has 18 heavy (non-hydrogen) atoms. The van der Waals surface area contributed by atoms with Gasteiger partial charge in [-0.05, 0) is 17.7 Å². The number of hydrogen-bond donors (Lipinski definition) is 1. The summed E-state index contributed by atoms with van der Waals surface area (Å²) in [4.78, 5) is 26.7. The van der Waals surface area contributed by atoms with Gasteiger partial charge in [-0.3, -0.25) is 4.79 Å². The van der Waals surface area contributed by atoms with Crippen LogP contribution in [-0.2, 0) is 4.79 Å². The molecule has 6 nitrogen and oxygen atoms in total. The molecule has 0 radical (unpaired) electrons. The number of thiazole rings is 1. The summed E-state index contributed by atoms with van der Waals surface area (Å²) in [5.41, 5.74) is 0.601. The number of aromatic nitrogens is 3. The summed E-state index contributed by atoms with van der Waals surface area (Å²) in [5.74, 6) is -0.164. The zero-order valence-electron chi connectivity index (χ0n) is 9.29. The van der Waals surface area contributed by atoms with Crippen LogP contribution in [0.4, 0.5) is 10.1 Å². The van der Waals surface area contributed by atoms with Crippen molar-refractivity contribution in [3.05, 3.63) is 29.4 Å². The maximum absolute atomic E-state index is 10.8. The van der Waals surface area contributed by atoms with Gasteiger partial charge in [0.05, 0.1) is 18.1 Å². The number of aliphatic imine (C=N–C) groups is 1. The van der Waals surface area contributed by atoms with E-state index in [0.717, 1.165) is 0 Å². The Hall–Kier alpha value is -1.86. The molecule has 2 aromatic rings. The molecule has 8 heteroatoms. The van der Waals surface area contributed by atoms with Gasteiger partial charge in [0.1, 0.15) is 5.00 Å². The van der Waals surface area contributed by atoms with E-state index in [1.807, 2.05) is 0 Å². The Morgan fingerprint density at radius 2 is 2.39 bits per heavy atom. The van der Waals surface area contributed by atoms with Crippen molar-refractivity contribution in [2.45, 2.75) is 6.92 Å². The van der Waals surface area contributed by atoms with Gasteiger partial charge in [-0.2, -0.15) is 0 Å². The van der Waals surface area contributed by atoms with E-state index in [1.165, 1.54) is 18.3 Å². The molecule has 0 aromatic carbocycles. The van der Waals surface area contributed by atoms with Crippen LogP contribution in [-0.4, -0.2) is 27.1 Å². The van der Waals surface area contributed by atoms with Crippen LogP contribution in [0.1, 0.15) is 12.6 Å². The molecule has 2 heterocycles. The zero-order valence-corrected chi connectivity index (χ0v) is 10.9. The van der Waals surface area contributed by atoms with E-state index < -0.39 is 0 Å². The van der Waals surface area contributed by atoms with Crippen molar-refractivity contribution in [3.63, 3.8) is 0 Å². The lowest BCUT2D eigenvalue weighted by Gasteiger charge is -1.92. The third-order valence-corrected chi connectivity index (χ3v) is 2.75. The molecule has 0 saturated heterocycles. The predicted molar refractivity (Wildman–Crippen MR) is 70.7 cm³/mol. The molecule has 0 aliphatic rings. The summed E-state index contributed by atoms with van der Waals surface area (Å²) < 4.78 is 0. The molecule has 2 rings (SSSR count). The van der Waals surface area contributed by atoms with Crippen molar-refractivity contribution in [1.82, 2.24) is 15.0 Å². The Bertz CT molecular complexity index is 597. The molecule has 0 spiro atoms. The lowest BCUT2D eigenvalue weighted by molar-refractivity contribution is -0.114. The summed E-state index contributed by atoms with van der Waals surface area (Å²) >= 11 is 6.91. The smallest absolute Gasteiger partial charge is 0.223 e. The SMILES string of the molecule is CC(=O)Nc1ncc(/N=C/c2ccnc(Cl)n2)s1. The second-order valence-electron chi connectivity index (χ2n) is 3.19. The minimum Gasteiger partial charge on any atom is -0.302 e. The Morgan fingerprint density at radius 3 is 3.11 bits per heavy atom.